The van der Waals surface area contributed by atoms with Crippen LogP contribution in [0.15, 0.2) is 42.5 Å². The van der Waals surface area contributed by atoms with Crippen LogP contribution in [0, 0.1) is 13.8 Å². The van der Waals surface area contributed by atoms with Crippen molar-refractivity contribution < 1.29 is 9.59 Å². The minimum Gasteiger partial charge on any atom is -0.369 e. The topological polar surface area (TPSA) is 55.9 Å². The molecule has 0 bridgehead atoms. The molecule has 1 saturated heterocycles. The smallest absolute Gasteiger partial charge is 0.243 e. The van der Waals surface area contributed by atoms with E-state index in [-0.39, 0.29) is 24.4 Å². The Balaban J connectivity index is 1.52. The predicted molar refractivity (Wildman–Crippen MR) is 131 cm³/mol. The predicted octanol–water partition coefficient (Wildman–Crippen LogP) is 3.47. The molecule has 0 spiro atoms. The second kappa shape index (κ2) is 10.6. The van der Waals surface area contributed by atoms with Crippen LogP contribution in [-0.4, -0.2) is 67.4 Å². The van der Waals surface area contributed by atoms with Gasteiger partial charge in [-0.2, -0.15) is 0 Å². The summed E-state index contributed by atoms with van der Waals surface area (Å²) in [6.45, 7) is 11.8. The number of nitrogens with one attached hydrogen (secondary N) is 1. The van der Waals surface area contributed by atoms with Gasteiger partial charge in [-0.15, -0.1) is 0 Å². The van der Waals surface area contributed by atoms with E-state index in [0.717, 1.165) is 43.9 Å². The fraction of sp³-hybridized carbons (Fsp3) is 0.462. The van der Waals surface area contributed by atoms with Crippen molar-refractivity contribution in [2.45, 2.75) is 40.2 Å². The molecule has 0 aromatic heterocycles. The van der Waals surface area contributed by atoms with E-state index in [1.165, 1.54) is 21.7 Å². The Morgan fingerprint density at radius 2 is 1.72 bits per heavy atom. The summed E-state index contributed by atoms with van der Waals surface area (Å²) in [5.74, 6) is -0.196. The molecular formula is C26H36N4O2. The molecule has 172 valence electrons. The highest BCUT2D eigenvalue weighted by atomic mass is 16.2. The van der Waals surface area contributed by atoms with Crippen molar-refractivity contribution >= 4 is 23.2 Å². The maximum atomic E-state index is 13.0. The van der Waals surface area contributed by atoms with E-state index in [0.29, 0.717) is 0 Å². The molecule has 2 aromatic rings. The molecule has 1 N–H and O–H groups in total. The average molecular weight is 437 g/mol. The van der Waals surface area contributed by atoms with E-state index in [2.05, 4.69) is 54.1 Å². The summed E-state index contributed by atoms with van der Waals surface area (Å²) in [5.41, 5.74) is 5.81. The van der Waals surface area contributed by atoms with Crippen molar-refractivity contribution in [3.05, 3.63) is 59.2 Å². The molecule has 6 nitrogen and oxygen atoms in total. The summed E-state index contributed by atoms with van der Waals surface area (Å²) in [4.78, 5) is 31.7. The van der Waals surface area contributed by atoms with Crippen molar-refractivity contribution in [1.29, 1.82) is 0 Å². The SMILES string of the molecule is CCc1ccccc1NC(=O)CN(C)C(=O)[C@@H](C)N1CCN(c2cccc(C)c2C)CC1. The van der Waals surface area contributed by atoms with Crippen molar-refractivity contribution in [3.8, 4) is 0 Å². The first-order valence-electron chi connectivity index (χ1n) is 11.5. The standard InChI is InChI=1S/C26H36N4O2/c1-6-22-11-7-8-12-23(22)27-25(31)18-28(5)26(32)21(4)29-14-16-30(17-15-29)24-13-9-10-19(2)20(24)3/h7-13,21H,6,14-18H2,1-5H3,(H,27,31)/t21-/m1/s1. The van der Waals surface area contributed by atoms with E-state index in [1.807, 2.05) is 31.2 Å². The number of piperazine rings is 1. The normalized spacial score (nSPS) is 15.3. The third-order valence-electron chi connectivity index (χ3n) is 6.57. The number of para-hydroxylation sites is 1. The van der Waals surface area contributed by atoms with Crippen LogP contribution in [0.2, 0.25) is 0 Å². The van der Waals surface area contributed by atoms with Gasteiger partial charge in [0.15, 0.2) is 0 Å². The van der Waals surface area contributed by atoms with Gasteiger partial charge in [-0.05, 0) is 56.0 Å². The van der Waals surface area contributed by atoms with Gasteiger partial charge in [-0.1, -0.05) is 37.3 Å². The molecule has 2 amide bonds. The zero-order chi connectivity index (χ0) is 23.3. The molecule has 6 heteroatoms. The maximum Gasteiger partial charge on any atom is 0.243 e. The number of carbonyl (C=O) groups excluding carboxylic acids is 2. The monoisotopic (exact) mass is 436 g/mol. The van der Waals surface area contributed by atoms with Gasteiger partial charge in [-0.25, -0.2) is 0 Å². The number of anilines is 2. The third-order valence-corrected chi connectivity index (χ3v) is 6.57. The Hall–Kier alpha value is -2.86. The number of hydrogen-bond acceptors (Lipinski definition) is 4. The van der Waals surface area contributed by atoms with Crippen molar-refractivity contribution in [3.63, 3.8) is 0 Å². The van der Waals surface area contributed by atoms with Gasteiger partial charge in [-0.3, -0.25) is 14.5 Å². The fourth-order valence-corrected chi connectivity index (χ4v) is 4.34. The number of likely N-dealkylation sites (N-methyl/N-ethyl adjacent to an activating group) is 1. The average Bonchev–Trinajstić information content (AvgIpc) is 2.80. The Morgan fingerprint density at radius 3 is 2.41 bits per heavy atom. The Bertz CT molecular complexity index is 951. The summed E-state index contributed by atoms with van der Waals surface area (Å²) in [6, 6.07) is 13.9. The highest BCUT2D eigenvalue weighted by Gasteiger charge is 2.28. The number of nitrogens with zero attached hydrogens (tertiary/aromatic N) is 3. The van der Waals surface area contributed by atoms with Crippen LogP contribution in [0.5, 0.6) is 0 Å². The van der Waals surface area contributed by atoms with Crippen molar-refractivity contribution in [1.82, 2.24) is 9.80 Å². The largest absolute Gasteiger partial charge is 0.369 e. The number of rotatable bonds is 7. The first kappa shape index (κ1) is 23.8. The molecule has 1 fully saturated rings. The van der Waals surface area contributed by atoms with Gasteiger partial charge >= 0.3 is 0 Å². The number of carbonyl (C=O) groups is 2. The van der Waals surface area contributed by atoms with E-state index >= 15 is 0 Å². The first-order chi connectivity index (χ1) is 15.3. The second-order valence-corrected chi connectivity index (χ2v) is 8.67. The molecule has 32 heavy (non-hydrogen) atoms. The van der Waals surface area contributed by atoms with E-state index in [9.17, 15) is 9.59 Å². The summed E-state index contributed by atoms with van der Waals surface area (Å²) >= 11 is 0. The van der Waals surface area contributed by atoms with Crippen molar-refractivity contribution in [2.75, 3.05) is 50.0 Å². The highest BCUT2D eigenvalue weighted by molar-refractivity contribution is 5.95. The molecule has 2 aromatic carbocycles. The Kier molecular flexibility index (Phi) is 7.91. The third kappa shape index (κ3) is 5.49. The van der Waals surface area contributed by atoms with Gasteiger partial charge < -0.3 is 15.1 Å². The number of aryl methyl sites for hydroxylation is 2. The molecule has 0 saturated carbocycles. The fourth-order valence-electron chi connectivity index (χ4n) is 4.34. The first-order valence-corrected chi connectivity index (χ1v) is 11.5. The maximum absolute atomic E-state index is 13.0. The summed E-state index contributed by atoms with van der Waals surface area (Å²) in [6.07, 6.45) is 0.844. The van der Waals surface area contributed by atoms with Crippen LogP contribution in [0.3, 0.4) is 0 Å². The van der Waals surface area contributed by atoms with Crippen LogP contribution in [0.4, 0.5) is 11.4 Å². The van der Waals surface area contributed by atoms with Crippen LogP contribution in [0.25, 0.3) is 0 Å². The molecular weight excluding hydrogens is 400 g/mol. The van der Waals surface area contributed by atoms with Crippen LogP contribution < -0.4 is 10.2 Å². The van der Waals surface area contributed by atoms with E-state index in [4.69, 9.17) is 0 Å². The number of benzene rings is 2. The zero-order valence-electron chi connectivity index (χ0n) is 20.0. The second-order valence-electron chi connectivity index (χ2n) is 8.67. The molecule has 0 unspecified atom stereocenters. The molecule has 1 aliphatic heterocycles. The van der Waals surface area contributed by atoms with Crippen LogP contribution >= 0.6 is 0 Å². The van der Waals surface area contributed by atoms with Gasteiger partial charge in [0.05, 0.1) is 12.6 Å². The van der Waals surface area contributed by atoms with Gasteiger partial charge in [0.1, 0.15) is 0 Å². The lowest BCUT2D eigenvalue weighted by Gasteiger charge is -2.40. The minimum absolute atomic E-state index is 0.0240. The van der Waals surface area contributed by atoms with Gasteiger partial charge in [0.2, 0.25) is 11.8 Å². The number of amides is 2. The lowest BCUT2D eigenvalue weighted by Crippen LogP contribution is -2.54. The highest BCUT2D eigenvalue weighted by Crippen LogP contribution is 2.24. The minimum atomic E-state index is -0.253. The molecule has 3 rings (SSSR count). The summed E-state index contributed by atoms with van der Waals surface area (Å²) in [7, 11) is 1.70. The number of hydrogen-bond donors (Lipinski definition) is 1. The van der Waals surface area contributed by atoms with Crippen LogP contribution in [-0.2, 0) is 16.0 Å². The quantitative estimate of drug-likeness (QED) is 0.722. The van der Waals surface area contributed by atoms with Crippen molar-refractivity contribution in [2.24, 2.45) is 0 Å². The molecule has 1 aliphatic rings. The lowest BCUT2D eigenvalue weighted by molar-refractivity contribution is -0.137. The van der Waals surface area contributed by atoms with E-state index in [1.54, 1.807) is 7.05 Å². The molecule has 0 aliphatic carbocycles. The van der Waals surface area contributed by atoms with Gasteiger partial charge in [0, 0.05) is 44.6 Å². The summed E-state index contributed by atoms with van der Waals surface area (Å²) in [5, 5.41) is 2.95. The van der Waals surface area contributed by atoms with Crippen LogP contribution in [0.1, 0.15) is 30.5 Å². The van der Waals surface area contributed by atoms with E-state index < -0.39 is 0 Å². The molecule has 0 radical (unpaired) electrons. The lowest BCUT2D eigenvalue weighted by atomic mass is 10.1. The summed E-state index contributed by atoms with van der Waals surface area (Å²) < 4.78 is 0. The molecule has 1 heterocycles. The Morgan fingerprint density at radius 1 is 1.03 bits per heavy atom. The molecule has 1 atom stereocenters. The Labute approximate surface area is 192 Å². The zero-order valence-corrected chi connectivity index (χ0v) is 20.0. The van der Waals surface area contributed by atoms with Gasteiger partial charge in [0.25, 0.3) is 0 Å².